The number of fused-ring (bicyclic) bond motifs is 1. The molecule has 13 heteroatoms. The van der Waals surface area contributed by atoms with Gasteiger partial charge in [-0.2, -0.15) is 0 Å². The van der Waals surface area contributed by atoms with Gasteiger partial charge in [0.15, 0.2) is 0 Å². The number of carbonyl (C=O) groups excluding carboxylic acids is 1. The average molecular weight is 576 g/mol. The molecule has 4 rings (SSSR count). The molecular formula is C25H19Cl2N3O7S. The van der Waals surface area contributed by atoms with Gasteiger partial charge in [0, 0.05) is 27.3 Å². The topological polar surface area (TPSA) is 146 Å². The lowest BCUT2D eigenvalue weighted by atomic mass is 10.1. The summed E-state index contributed by atoms with van der Waals surface area (Å²) in [5, 5.41) is 22.0. The van der Waals surface area contributed by atoms with Crippen LogP contribution >= 0.6 is 23.2 Å². The molecule has 1 amide bonds. The molecule has 10 nitrogen and oxygen atoms in total. The van der Waals surface area contributed by atoms with Crippen LogP contribution < -0.4 is 9.62 Å². The second-order valence-corrected chi connectivity index (χ2v) is 10.8. The maximum atomic E-state index is 13.5. The summed E-state index contributed by atoms with van der Waals surface area (Å²) in [7, 11) is -4.47. The van der Waals surface area contributed by atoms with Gasteiger partial charge in [0.05, 0.1) is 21.7 Å². The van der Waals surface area contributed by atoms with Gasteiger partial charge < -0.3 is 20.1 Å². The molecule has 1 heterocycles. The van der Waals surface area contributed by atoms with Crippen molar-refractivity contribution in [2.45, 2.75) is 11.4 Å². The second kappa shape index (κ2) is 10.7. The maximum absolute atomic E-state index is 13.5. The van der Waals surface area contributed by atoms with E-state index in [1.165, 1.54) is 35.0 Å². The first kappa shape index (κ1) is 27.0. The molecular weight excluding hydrogens is 557 g/mol. The number of aliphatic carboxylic acids is 2. The van der Waals surface area contributed by atoms with Gasteiger partial charge >= 0.3 is 11.9 Å². The third-order valence-corrected chi connectivity index (χ3v) is 7.63. The van der Waals surface area contributed by atoms with Crippen molar-refractivity contribution in [2.75, 3.05) is 16.2 Å². The molecule has 3 aromatic carbocycles. The van der Waals surface area contributed by atoms with Crippen molar-refractivity contribution >= 4 is 73.3 Å². The molecule has 0 aliphatic rings. The molecule has 3 N–H and O–H groups in total. The zero-order valence-corrected chi connectivity index (χ0v) is 21.7. The number of carboxylic acids is 2. The van der Waals surface area contributed by atoms with Crippen molar-refractivity contribution in [2.24, 2.45) is 0 Å². The molecule has 38 heavy (non-hydrogen) atoms. The number of rotatable bonds is 9. The van der Waals surface area contributed by atoms with Crippen LogP contribution in [0.2, 0.25) is 10.0 Å². The number of amides is 1. The number of hydrogen-bond acceptors (Lipinski definition) is 5. The molecule has 0 bridgehead atoms. The Kier molecular flexibility index (Phi) is 7.63. The van der Waals surface area contributed by atoms with Gasteiger partial charge in [-0.15, -0.1) is 0 Å². The number of aromatic nitrogens is 1. The van der Waals surface area contributed by atoms with E-state index in [-0.39, 0.29) is 31.7 Å². The Hall–Kier alpha value is -4.06. The number of nitrogens with one attached hydrogen (secondary N) is 1. The van der Waals surface area contributed by atoms with Crippen LogP contribution in [0.5, 0.6) is 0 Å². The lowest BCUT2D eigenvalue weighted by Crippen LogP contribution is -2.35. The lowest BCUT2D eigenvalue weighted by Gasteiger charge is -2.23. The SMILES string of the molecule is O=C(O)CN(c1ccc2c(C(=O)Nc3ccccc3)cn(CC(=O)O)c2c1)S(=O)(=O)c1cc(Cl)cc(Cl)c1. The number of nitrogens with zero attached hydrogens (tertiary/aromatic N) is 2. The average Bonchev–Trinajstić information content (AvgIpc) is 3.19. The van der Waals surface area contributed by atoms with Crippen molar-refractivity contribution in [1.82, 2.24) is 4.57 Å². The van der Waals surface area contributed by atoms with Crippen LogP contribution in [0.15, 0.2) is 77.8 Å². The minimum absolute atomic E-state index is 0.0335. The summed E-state index contributed by atoms with van der Waals surface area (Å²) in [5.41, 5.74) is 0.798. The molecule has 0 aliphatic carbocycles. The van der Waals surface area contributed by atoms with Gasteiger partial charge in [-0.3, -0.25) is 18.7 Å². The molecule has 0 fully saturated rings. The van der Waals surface area contributed by atoms with Crippen molar-refractivity contribution in [3.63, 3.8) is 0 Å². The Bertz CT molecular complexity index is 1650. The van der Waals surface area contributed by atoms with E-state index in [0.29, 0.717) is 15.4 Å². The minimum Gasteiger partial charge on any atom is -0.480 e. The minimum atomic E-state index is -4.47. The van der Waals surface area contributed by atoms with Crippen molar-refractivity contribution in [3.8, 4) is 0 Å². The fourth-order valence-corrected chi connectivity index (χ4v) is 5.99. The molecule has 196 valence electrons. The number of para-hydroxylation sites is 1. The molecule has 0 saturated carbocycles. The first-order valence-electron chi connectivity index (χ1n) is 10.9. The van der Waals surface area contributed by atoms with E-state index in [1.54, 1.807) is 30.3 Å². The van der Waals surface area contributed by atoms with Gasteiger partial charge in [0.2, 0.25) is 0 Å². The lowest BCUT2D eigenvalue weighted by molar-refractivity contribution is -0.137. The number of carboxylic acid groups (broad SMARTS) is 2. The van der Waals surface area contributed by atoms with Crippen molar-refractivity contribution in [1.29, 1.82) is 0 Å². The predicted molar refractivity (Wildman–Crippen MR) is 143 cm³/mol. The van der Waals surface area contributed by atoms with Gasteiger partial charge in [0.1, 0.15) is 13.1 Å². The fourth-order valence-electron chi connectivity index (χ4n) is 3.86. The maximum Gasteiger partial charge on any atom is 0.324 e. The Morgan fingerprint density at radius 3 is 2.16 bits per heavy atom. The molecule has 1 aromatic heterocycles. The van der Waals surface area contributed by atoms with E-state index in [4.69, 9.17) is 23.2 Å². The molecule has 0 spiro atoms. The quantitative estimate of drug-likeness (QED) is 0.265. The molecule has 0 unspecified atom stereocenters. The predicted octanol–water partition coefficient (Wildman–Crippen LogP) is 4.56. The Morgan fingerprint density at radius 1 is 0.895 bits per heavy atom. The number of anilines is 2. The zero-order chi connectivity index (χ0) is 27.6. The Balaban J connectivity index is 1.84. The smallest absolute Gasteiger partial charge is 0.324 e. The number of benzene rings is 3. The standard InChI is InChI=1S/C25H19Cl2N3O7S/c26-15-8-16(27)10-19(9-15)38(36,37)30(14-24(33)34)18-6-7-20-21(12-29(13-23(31)32)22(20)11-18)25(35)28-17-4-2-1-3-5-17/h1-12H,13-14H2,(H,28,35)(H,31,32)(H,33,34). The molecule has 0 saturated heterocycles. The van der Waals surface area contributed by atoms with Gasteiger partial charge in [0.25, 0.3) is 15.9 Å². The molecule has 0 radical (unpaired) electrons. The van der Waals surface area contributed by atoms with Crippen LogP contribution in [-0.4, -0.2) is 47.6 Å². The summed E-state index contributed by atoms with van der Waals surface area (Å²) < 4.78 is 28.8. The van der Waals surface area contributed by atoms with Crippen LogP contribution in [0, 0.1) is 0 Å². The summed E-state index contributed by atoms with van der Waals surface area (Å²) in [6.45, 7) is -1.48. The largest absolute Gasteiger partial charge is 0.480 e. The third kappa shape index (κ3) is 5.75. The fraction of sp³-hybridized carbons (Fsp3) is 0.0800. The summed E-state index contributed by atoms with van der Waals surface area (Å²) in [4.78, 5) is 35.9. The van der Waals surface area contributed by atoms with E-state index in [9.17, 15) is 33.0 Å². The van der Waals surface area contributed by atoms with Crippen LogP contribution in [0.1, 0.15) is 10.4 Å². The zero-order valence-electron chi connectivity index (χ0n) is 19.3. The number of sulfonamides is 1. The van der Waals surface area contributed by atoms with Crippen LogP contribution in [0.4, 0.5) is 11.4 Å². The molecule has 0 atom stereocenters. The van der Waals surface area contributed by atoms with Gasteiger partial charge in [-0.25, -0.2) is 8.42 Å². The summed E-state index contributed by atoms with van der Waals surface area (Å²) in [6, 6.07) is 16.3. The first-order valence-corrected chi connectivity index (χ1v) is 13.1. The number of halogens is 2. The summed E-state index contributed by atoms with van der Waals surface area (Å²) >= 11 is 11.9. The first-order chi connectivity index (χ1) is 18.0. The van der Waals surface area contributed by atoms with Crippen LogP contribution in [-0.2, 0) is 26.2 Å². The third-order valence-electron chi connectivity index (χ3n) is 5.44. The van der Waals surface area contributed by atoms with Gasteiger partial charge in [-0.1, -0.05) is 41.4 Å². The monoisotopic (exact) mass is 575 g/mol. The normalized spacial score (nSPS) is 11.3. The van der Waals surface area contributed by atoms with Crippen molar-refractivity contribution < 1.29 is 33.0 Å². The molecule has 4 aromatic rings. The van der Waals surface area contributed by atoms with Crippen LogP contribution in [0.3, 0.4) is 0 Å². The Morgan fingerprint density at radius 2 is 1.55 bits per heavy atom. The summed E-state index contributed by atoms with van der Waals surface area (Å²) in [5.74, 6) is -3.15. The highest BCUT2D eigenvalue weighted by atomic mass is 35.5. The summed E-state index contributed by atoms with van der Waals surface area (Å²) in [6.07, 6.45) is 1.34. The van der Waals surface area contributed by atoms with Gasteiger partial charge in [-0.05, 0) is 48.5 Å². The van der Waals surface area contributed by atoms with Crippen molar-refractivity contribution in [3.05, 3.63) is 88.5 Å². The highest BCUT2D eigenvalue weighted by molar-refractivity contribution is 7.92. The highest BCUT2D eigenvalue weighted by Gasteiger charge is 2.29. The van der Waals surface area contributed by atoms with Crippen LogP contribution in [0.25, 0.3) is 10.9 Å². The number of carbonyl (C=O) groups is 3. The Labute approximate surface area is 226 Å². The van der Waals surface area contributed by atoms with E-state index < -0.39 is 41.0 Å². The van der Waals surface area contributed by atoms with E-state index in [1.807, 2.05) is 0 Å². The number of hydrogen-bond donors (Lipinski definition) is 3. The highest BCUT2D eigenvalue weighted by Crippen LogP contribution is 2.32. The van der Waals surface area contributed by atoms with E-state index >= 15 is 0 Å². The second-order valence-electron chi connectivity index (χ2n) is 8.10. The van der Waals surface area contributed by atoms with E-state index in [2.05, 4.69) is 5.32 Å². The molecule has 0 aliphatic heterocycles. The van der Waals surface area contributed by atoms with E-state index in [0.717, 1.165) is 12.1 Å².